The summed E-state index contributed by atoms with van der Waals surface area (Å²) >= 11 is 0. The van der Waals surface area contributed by atoms with E-state index >= 15 is 0 Å². The third-order valence-corrected chi connectivity index (χ3v) is 3.51. The molecule has 2 atom stereocenters. The molecule has 2 aliphatic rings. The van der Waals surface area contributed by atoms with Gasteiger partial charge in [0.2, 0.25) is 0 Å². The predicted octanol–water partition coefficient (Wildman–Crippen LogP) is 1.23. The number of ketones is 1. The molecule has 0 aromatic carbocycles. The van der Waals surface area contributed by atoms with Crippen LogP contribution in [-0.2, 0) is 19.1 Å². The first-order valence-electron chi connectivity index (χ1n) is 5.13. The van der Waals surface area contributed by atoms with Crippen molar-refractivity contribution < 1.29 is 19.1 Å². The number of rotatable bonds is 2. The Morgan fingerprint density at radius 2 is 2.25 bits per heavy atom. The zero-order valence-corrected chi connectivity index (χ0v) is 9.41. The molecule has 0 heterocycles. The quantitative estimate of drug-likeness (QED) is 0.400. The van der Waals surface area contributed by atoms with Crippen LogP contribution in [0, 0.1) is 11.3 Å². The van der Waals surface area contributed by atoms with E-state index in [0.29, 0.717) is 24.2 Å². The minimum Gasteiger partial charge on any atom is -0.501 e. The monoisotopic (exact) mass is 222 g/mol. The number of fused-ring (bicyclic) bond motifs is 2. The number of ether oxygens (including phenoxy) is 2. The van der Waals surface area contributed by atoms with Crippen molar-refractivity contribution >= 4 is 11.8 Å². The maximum absolute atomic E-state index is 12.0. The van der Waals surface area contributed by atoms with Gasteiger partial charge in [0, 0.05) is 12.0 Å². The summed E-state index contributed by atoms with van der Waals surface area (Å²) in [5, 5.41) is 0. The number of carbonyl (C=O) groups is 2. The number of hydrogen-bond acceptors (Lipinski definition) is 4. The standard InChI is InChI=1S/C12H14O4/c1-7-4-8-6-12(7,11(14)16-3)10(13)5-9(8)15-2/h5,8H,1,4,6H2,2-3H3. The molecule has 0 saturated heterocycles. The highest BCUT2D eigenvalue weighted by Gasteiger charge is 2.57. The topological polar surface area (TPSA) is 52.6 Å². The number of esters is 1. The van der Waals surface area contributed by atoms with Gasteiger partial charge in [-0.2, -0.15) is 0 Å². The van der Waals surface area contributed by atoms with Gasteiger partial charge in [-0.15, -0.1) is 0 Å². The molecule has 2 rings (SSSR count). The highest BCUT2D eigenvalue weighted by atomic mass is 16.5. The molecule has 1 saturated carbocycles. The highest BCUT2D eigenvalue weighted by Crippen LogP contribution is 2.52. The third kappa shape index (κ3) is 1.16. The van der Waals surface area contributed by atoms with Crippen LogP contribution in [0.3, 0.4) is 0 Å². The van der Waals surface area contributed by atoms with Crippen LogP contribution in [0.15, 0.2) is 24.0 Å². The van der Waals surface area contributed by atoms with Crippen LogP contribution in [0.25, 0.3) is 0 Å². The summed E-state index contributed by atoms with van der Waals surface area (Å²) in [6.07, 6.45) is 2.45. The lowest BCUT2D eigenvalue weighted by Crippen LogP contribution is -2.40. The van der Waals surface area contributed by atoms with Crippen LogP contribution in [-0.4, -0.2) is 26.0 Å². The van der Waals surface area contributed by atoms with Gasteiger partial charge >= 0.3 is 5.97 Å². The van der Waals surface area contributed by atoms with Gasteiger partial charge in [-0.05, 0) is 12.8 Å². The molecule has 2 bridgehead atoms. The fourth-order valence-corrected chi connectivity index (χ4v) is 2.63. The molecular formula is C12H14O4. The molecule has 1 fully saturated rings. The lowest BCUT2D eigenvalue weighted by molar-refractivity contribution is -0.154. The smallest absolute Gasteiger partial charge is 0.323 e. The van der Waals surface area contributed by atoms with Crippen molar-refractivity contribution in [3.8, 4) is 0 Å². The van der Waals surface area contributed by atoms with Crippen LogP contribution < -0.4 is 0 Å². The van der Waals surface area contributed by atoms with Crippen molar-refractivity contribution in [2.45, 2.75) is 12.8 Å². The first-order valence-corrected chi connectivity index (χ1v) is 5.13. The number of hydrogen-bond donors (Lipinski definition) is 0. The summed E-state index contributed by atoms with van der Waals surface area (Å²) in [7, 11) is 2.83. The van der Waals surface area contributed by atoms with Crippen LogP contribution >= 0.6 is 0 Å². The SMILES string of the molecule is C=C1CC2CC1(C(=O)OC)C(=O)C=C2OC. The molecule has 16 heavy (non-hydrogen) atoms. The maximum Gasteiger partial charge on any atom is 0.323 e. The number of allylic oxidation sites excluding steroid dienone is 2. The van der Waals surface area contributed by atoms with E-state index in [4.69, 9.17) is 9.47 Å². The second-order valence-corrected chi connectivity index (χ2v) is 4.22. The van der Waals surface area contributed by atoms with Crippen LogP contribution in [0.1, 0.15) is 12.8 Å². The predicted molar refractivity (Wildman–Crippen MR) is 56.4 cm³/mol. The minimum atomic E-state index is -1.15. The molecule has 4 nitrogen and oxygen atoms in total. The Bertz CT molecular complexity index is 407. The van der Waals surface area contributed by atoms with Crippen molar-refractivity contribution in [1.82, 2.24) is 0 Å². The summed E-state index contributed by atoms with van der Waals surface area (Å²) < 4.78 is 9.88. The maximum atomic E-state index is 12.0. The minimum absolute atomic E-state index is 0.0781. The van der Waals surface area contributed by atoms with E-state index in [1.165, 1.54) is 20.3 Å². The van der Waals surface area contributed by atoms with E-state index in [0.717, 1.165) is 0 Å². The van der Waals surface area contributed by atoms with Gasteiger partial charge in [0.25, 0.3) is 0 Å². The molecule has 0 aliphatic heterocycles. The molecule has 0 aromatic rings. The summed E-state index contributed by atoms with van der Waals surface area (Å²) in [6.45, 7) is 3.85. The molecule has 4 heteroatoms. The van der Waals surface area contributed by atoms with Crippen molar-refractivity contribution in [2.75, 3.05) is 14.2 Å². The molecule has 2 aliphatic carbocycles. The highest BCUT2D eigenvalue weighted by molar-refractivity contribution is 6.13. The lowest BCUT2D eigenvalue weighted by Gasteiger charge is -2.28. The van der Waals surface area contributed by atoms with Gasteiger partial charge in [0.1, 0.15) is 5.76 Å². The van der Waals surface area contributed by atoms with E-state index in [9.17, 15) is 9.59 Å². The number of methoxy groups -OCH3 is 2. The molecule has 0 aromatic heterocycles. The molecule has 0 N–H and O–H groups in total. The Kier molecular flexibility index (Phi) is 2.37. The Labute approximate surface area is 93.9 Å². The largest absolute Gasteiger partial charge is 0.501 e. The number of carbonyl (C=O) groups excluding carboxylic acids is 2. The summed E-state index contributed by atoms with van der Waals surface area (Å²) in [6, 6.07) is 0. The van der Waals surface area contributed by atoms with Gasteiger partial charge in [0.05, 0.1) is 14.2 Å². The van der Waals surface area contributed by atoms with E-state index in [1.54, 1.807) is 0 Å². The van der Waals surface area contributed by atoms with Gasteiger partial charge in [0.15, 0.2) is 11.2 Å². The Balaban J connectivity index is 2.48. The molecule has 0 spiro atoms. The molecule has 86 valence electrons. The van der Waals surface area contributed by atoms with E-state index in [2.05, 4.69) is 6.58 Å². The Morgan fingerprint density at radius 3 is 2.81 bits per heavy atom. The lowest BCUT2D eigenvalue weighted by atomic mass is 9.75. The second-order valence-electron chi connectivity index (χ2n) is 4.22. The van der Waals surface area contributed by atoms with Gasteiger partial charge < -0.3 is 9.47 Å². The van der Waals surface area contributed by atoms with Crippen LogP contribution in [0.5, 0.6) is 0 Å². The zero-order chi connectivity index (χ0) is 11.9. The zero-order valence-electron chi connectivity index (χ0n) is 9.41. The Hall–Kier alpha value is -1.58. The van der Waals surface area contributed by atoms with Gasteiger partial charge in [-0.1, -0.05) is 12.2 Å². The average Bonchev–Trinajstić information content (AvgIpc) is 2.59. The second kappa shape index (κ2) is 3.47. The molecule has 2 unspecified atom stereocenters. The van der Waals surface area contributed by atoms with E-state index in [-0.39, 0.29) is 11.7 Å². The van der Waals surface area contributed by atoms with Crippen LogP contribution in [0.2, 0.25) is 0 Å². The van der Waals surface area contributed by atoms with Crippen molar-refractivity contribution in [3.05, 3.63) is 24.0 Å². The molecule has 0 radical (unpaired) electrons. The summed E-state index contributed by atoms with van der Waals surface area (Å²) in [5.41, 5.74) is -0.515. The normalized spacial score (nSPS) is 32.4. The molecule has 0 amide bonds. The van der Waals surface area contributed by atoms with Crippen molar-refractivity contribution in [2.24, 2.45) is 11.3 Å². The van der Waals surface area contributed by atoms with Crippen molar-refractivity contribution in [1.29, 1.82) is 0 Å². The average molecular weight is 222 g/mol. The van der Waals surface area contributed by atoms with E-state index in [1.807, 2.05) is 0 Å². The van der Waals surface area contributed by atoms with Crippen molar-refractivity contribution in [3.63, 3.8) is 0 Å². The third-order valence-electron chi connectivity index (χ3n) is 3.51. The van der Waals surface area contributed by atoms with Crippen LogP contribution in [0.4, 0.5) is 0 Å². The fraction of sp³-hybridized carbons (Fsp3) is 0.500. The Morgan fingerprint density at radius 1 is 1.56 bits per heavy atom. The van der Waals surface area contributed by atoms with Gasteiger partial charge in [-0.3, -0.25) is 9.59 Å². The first-order chi connectivity index (χ1) is 7.56. The van der Waals surface area contributed by atoms with E-state index < -0.39 is 11.4 Å². The fourth-order valence-electron chi connectivity index (χ4n) is 2.63. The first kappa shape index (κ1) is 10.9. The summed E-state index contributed by atoms with van der Waals surface area (Å²) in [5.74, 6) is -0.0520. The van der Waals surface area contributed by atoms with Gasteiger partial charge in [-0.25, -0.2) is 0 Å². The molecular weight excluding hydrogens is 208 g/mol. The summed E-state index contributed by atoms with van der Waals surface area (Å²) in [4.78, 5) is 23.8.